The zero-order valence-electron chi connectivity index (χ0n) is 23.1. The van der Waals surface area contributed by atoms with Crippen molar-refractivity contribution in [3.05, 3.63) is 47.5 Å². The van der Waals surface area contributed by atoms with Crippen LogP contribution in [-0.4, -0.2) is 62.7 Å². The second-order valence-corrected chi connectivity index (χ2v) is 8.58. The largest absolute Gasteiger partial charge is 0.462 e. The minimum Gasteiger partial charge on any atom is -0.462 e. The second kappa shape index (κ2) is 18.1. The second-order valence-electron chi connectivity index (χ2n) is 8.58. The van der Waals surface area contributed by atoms with E-state index in [1.165, 1.54) is 24.3 Å². The van der Waals surface area contributed by atoms with Gasteiger partial charge in [-0.1, -0.05) is 12.1 Å². The molecule has 0 aliphatic carbocycles. The number of anilines is 2. The van der Waals surface area contributed by atoms with Gasteiger partial charge in [-0.3, -0.25) is 20.2 Å². The minimum atomic E-state index is -0.772. The molecule has 0 atom stereocenters. The molecular formula is C28H30N4O10. The zero-order chi connectivity index (χ0) is 30.7. The minimum absolute atomic E-state index is 0.0606. The molecule has 0 aromatic heterocycles. The lowest BCUT2D eigenvalue weighted by molar-refractivity contribution is -0.146. The number of nitrogens with one attached hydrogen (secondary N) is 2. The van der Waals surface area contributed by atoms with Crippen molar-refractivity contribution < 1.29 is 47.7 Å². The average Bonchev–Trinajstić information content (AvgIpc) is 2.95. The lowest BCUT2D eigenvalue weighted by atomic mass is 10.2. The molecule has 0 saturated carbocycles. The van der Waals surface area contributed by atoms with Crippen LogP contribution in [0.25, 0.3) is 0 Å². The summed E-state index contributed by atoms with van der Waals surface area (Å²) in [5.41, 5.74) is 2.93. The number of aryl methyl sites for hydroxylation is 2. The SMILES string of the molecule is Cc1ccc(NC(=O)OCCOC(=O)CCCCC(=O)OCCOC(=O)Nc2ccc(C)c(N=C=O)c2)cc1N=C=O. The van der Waals surface area contributed by atoms with Crippen molar-refractivity contribution in [1.82, 2.24) is 0 Å². The molecule has 2 aromatic rings. The number of amides is 2. The van der Waals surface area contributed by atoms with E-state index in [2.05, 4.69) is 20.6 Å². The molecule has 0 aliphatic rings. The van der Waals surface area contributed by atoms with Gasteiger partial charge in [0, 0.05) is 24.2 Å². The highest BCUT2D eigenvalue weighted by molar-refractivity contribution is 5.86. The molecule has 0 fully saturated rings. The summed E-state index contributed by atoms with van der Waals surface area (Å²) in [4.78, 5) is 75.3. The van der Waals surface area contributed by atoms with Crippen LogP contribution in [0.4, 0.5) is 32.3 Å². The summed E-state index contributed by atoms with van der Waals surface area (Å²) in [6.45, 7) is 2.87. The van der Waals surface area contributed by atoms with Gasteiger partial charge < -0.3 is 18.9 Å². The van der Waals surface area contributed by atoms with E-state index in [1.807, 2.05) is 0 Å². The molecule has 0 spiro atoms. The Balaban J connectivity index is 1.50. The molecule has 2 N–H and O–H groups in total. The Morgan fingerprint density at radius 2 is 1.02 bits per heavy atom. The maximum Gasteiger partial charge on any atom is 0.411 e. The van der Waals surface area contributed by atoms with Gasteiger partial charge in [0.1, 0.15) is 26.4 Å². The van der Waals surface area contributed by atoms with Crippen LogP contribution in [0, 0.1) is 13.8 Å². The van der Waals surface area contributed by atoms with Crippen molar-refractivity contribution in [3.63, 3.8) is 0 Å². The molecule has 0 heterocycles. The average molecular weight is 583 g/mol. The summed E-state index contributed by atoms with van der Waals surface area (Å²) >= 11 is 0. The summed E-state index contributed by atoms with van der Waals surface area (Å²) in [7, 11) is 0. The van der Waals surface area contributed by atoms with Crippen molar-refractivity contribution in [2.45, 2.75) is 39.5 Å². The molecule has 14 nitrogen and oxygen atoms in total. The van der Waals surface area contributed by atoms with Gasteiger partial charge in [0.05, 0.1) is 11.4 Å². The molecule has 0 bridgehead atoms. The van der Waals surface area contributed by atoms with Crippen molar-refractivity contribution in [1.29, 1.82) is 0 Å². The number of carbonyl (C=O) groups excluding carboxylic acids is 6. The lowest BCUT2D eigenvalue weighted by Crippen LogP contribution is -2.18. The highest BCUT2D eigenvalue weighted by atomic mass is 16.6. The molecule has 0 radical (unpaired) electrons. The highest BCUT2D eigenvalue weighted by Crippen LogP contribution is 2.23. The Kier molecular flexibility index (Phi) is 14.2. The van der Waals surface area contributed by atoms with Crippen LogP contribution in [0.3, 0.4) is 0 Å². The summed E-state index contributed by atoms with van der Waals surface area (Å²) in [5, 5.41) is 4.95. The summed E-state index contributed by atoms with van der Waals surface area (Å²) in [6, 6.07) is 9.54. The summed E-state index contributed by atoms with van der Waals surface area (Å²) in [5.74, 6) is -1.03. The lowest BCUT2D eigenvalue weighted by Gasteiger charge is -2.09. The fourth-order valence-corrected chi connectivity index (χ4v) is 3.28. The van der Waals surface area contributed by atoms with Gasteiger partial charge in [-0.05, 0) is 62.1 Å². The number of nitrogens with zero attached hydrogens (tertiary/aromatic N) is 2. The quantitative estimate of drug-likeness (QED) is 0.0980. The molecule has 2 aromatic carbocycles. The monoisotopic (exact) mass is 582 g/mol. The van der Waals surface area contributed by atoms with E-state index in [-0.39, 0.29) is 39.3 Å². The van der Waals surface area contributed by atoms with Crippen LogP contribution in [0.15, 0.2) is 46.4 Å². The van der Waals surface area contributed by atoms with Crippen LogP contribution in [0.5, 0.6) is 0 Å². The summed E-state index contributed by atoms with van der Waals surface area (Å²) in [6.07, 6.45) is 2.21. The Labute approximate surface area is 241 Å². The van der Waals surface area contributed by atoms with E-state index in [0.29, 0.717) is 35.6 Å². The summed E-state index contributed by atoms with van der Waals surface area (Å²) < 4.78 is 19.9. The Hall–Kier alpha value is -5.32. The Morgan fingerprint density at radius 3 is 1.40 bits per heavy atom. The fraction of sp³-hybridized carbons (Fsp3) is 0.357. The van der Waals surface area contributed by atoms with Crippen molar-refractivity contribution in [2.24, 2.45) is 9.98 Å². The van der Waals surface area contributed by atoms with E-state index >= 15 is 0 Å². The van der Waals surface area contributed by atoms with Crippen molar-refractivity contribution in [2.75, 3.05) is 37.1 Å². The van der Waals surface area contributed by atoms with E-state index in [1.54, 1.807) is 38.1 Å². The van der Waals surface area contributed by atoms with E-state index in [0.717, 1.165) is 11.1 Å². The first-order valence-electron chi connectivity index (χ1n) is 12.8. The maximum atomic E-state index is 11.9. The fourth-order valence-electron chi connectivity index (χ4n) is 3.28. The Bertz CT molecular complexity index is 1260. The predicted molar refractivity (Wildman–Crippen MR) is 148 cm³/mol. The topological polar surface area (TPSA) is 188 Å². The van der Waals surface area contributed by atoms with Crippen molar-refractivity contribution >= 4 is 59.0 Å². The molecule has 2 rings (SSSR count). The molecule has 0 unspecified atom stereocenters. The molecule has 42 heavy (non-hydrogen) atoms. The first-order chi connectivity index (χ1) is 20.2. The van der Waals surface area contributed by atoms with Gasteiger partial charge in [-0.25, -0.2) is 19.2 Å². The smallest absolute Gasteiger partial charge is 0.411 e. The molecule has 14 heteroatoms. The van der Waals surface area contributed by atoms with Crippen LogP contribution >= 0.6 is 0 Å². The molecule has 222 valence electrons. The van der Waals surface area contributed by atoms with Gasteiger partial charge in [-0.2, -0.15) is 9.98 Å². The van der Waals surface area contributed by atoms with Gasteiger partial charge in [0.15, 0.2) is 0 Å². The molecule has 0 saturated heterocycles. The van der Waals surface area contributed by atoms with Crippen molar-refractivity contribution in [3.8, 4) is 0 Å². The van der Waals surface area contributed by atoms with Crippen LogP contribution < -0.4 is 10.6 Å². The molecule has 2 amide bonds. The number of carbonyl (C=O) groups is 4. The molecule has 0 aliphatic heterocycles. The van der Waals surface area contributed by atoms with E-state index in [4.69, 9.17) is 18.9 Å². The third-order valence-electron chi connectivity index (χ3n) is 5.41. The standard InChI is InChI=1S/C28H30N4O10/c1-19-7-9-21(15-23(19)29-17-33)31-27(37)41-13-11-39-25(35)5-3-4-6-26(36)40-12-14-42-28(38)32-22-10-8-20(2)24(16-22)30-18-34/h7-10,15-16H,3-6,11-14H2,1-2H3,(H,31,37)(H,32,38). The van der Waals surface area contributed by atoms with Gasteiger partial charge in [-0.15, -0.1) is 0 Å². The third kappa shape index (κ3) is 12.7. The first-order valence-corrected chi connectivity index (χ1v) is 12.8. The number of unbranched alkanes of at least 4 members (excludes halogenated alkanes) is 1. The number of hydrogen-bond acceptors (Lipinski definition) is 12. The van der Waals surface area contributed by atoms with E-state index < -0.39 is 24.1 Å². The number of isocyanates is 2. The van der Waals surface area contributed by atoms with Crippen LogP contribution in [0.2, 0.25) is 0 Å². The Morgan fingerprint density at radius 1 is 0.643 bits per heavy atom. The van der Waals surface area contributed by atoms with E-state index in [9.17, 15) is 28.8 Å². The van der Waals surface area contributed by atoms with Crippen LogP contribution in [0.1, 0.15) is 36.8 Å². The first kappa shape index (κ1) is 32.9. The van der Waals surface area contributed by atoms with Crippen LogP contribution in [-0.2, 0) is 38.1 Å². The number of aliphatic imine (C=N–C) groups is 2. The van der Waals surface area contributed by atoms with Gasteiger partial charge in [0.25, 0.3) is 0 Å². The zero-order valence-corrected chi connectivity index (χ0v) is 23.1. The van der Waals surface area contributed by atoms with Gasteiger partial charge in [0.2, 0.25) is 12.2 Å². The normalized spacial score (nSPS) is 9.86. The highest BCUT2D eigenvalue weighted by Gasteiger charge is 2.10. The maximum absolute atomic E-state index is 11.9. The number of esters is 2. The third-order valence-corrected chi connectivity index (χ3v) is 5.41. The predicted octanol–water partition coefficient (Wildman–Crippen LogP) is 4.68. The van der Waals surface area contributed by atoms with Gasteiger partial charge >= 0.3 is 24.1 Å². The molecular weight excluding hydrogens is 552 g/mol. The number of benzene rings is 2. The number of rotatable bonds is 15. The number of hydrogen-bond donors (Lipinski definition) is 2. The number of ether oxygens (including phenoxy) is 4.